The number of alkyl halides is 2. The van der Waals surface area contributed by atoms with Gasteiger partial charge in [0.15, 0.2) is 0 Å². The fourth-order valence-electron chi connectivity index (χ4n) is 0.808. The van der Waals surface area contributed by atoms with E-state index < -0.39 is 22.1 Å². The Morgan fingerprint density at radius 1 is 1.21 bits per heavy atom. The number of hydrogen-bond acceptors (Lipinski definition) is 4. The maximum absolute atomic E-state index is 12.9. The molecule has 1 aromatic rings. The molecule has 78 valence electrons. The first-order valence-corrected chi connectivity index (χ1v) is 4.74. The molecule has 0 fully saturated rings. The molecule has 0 aliphatic carbocycles. The Labute approximate surface area is 79.1 Å². The normalized spacial score (nSPS) is 12.8. The Hall–Kier alpha value is -1.05. The maximum atomic E-state index is 12.9. The van der Waals surface area contributed by atoms with Crippen molar-refractivity contribution in [3.05, 3.63) is 35.9 Å². The van der Waals surface area contributed by atoms with Gasteiger partial charge in [-0.05, 0) is 0 Å². The predicted molar refractivity (Wildman–Crippen MR) is 41.1 cm³/mol. The molecule has 0 unspecified atom stereocenters. The molecule has 0 saturated heterocycles. The molecule has 0 atom stereocenters. The average Bonchev–Trinajstić information content (AvgIpc) is 2.01. The van der Waals surface area contributed by atoms with Crippen LogP contribution in [0.3, 0.4) is 0 Å². The summed E-state index contributed by atoms with van der Waals surface area (Å²) >= 11 is 0. The summed E-state index contributed by atoms with van der Waals surface area (Å²) in [5.41, 5.74) is -0.695. The van der Waals surface area contributed by atoms with Gasteiger partial charge in [-0.25, -0.2) is 12.6 Å². The summed E-state index contributed by atoms with van der Waals surface area (Å²) in [7, 11) is -5.43. The summed E-state index contributed by atoms with van der Waals surface area (Å²) in [6.45, 7) is 0. The summed E-state index contributed by atoms with van der Waals surface area (Å²) in [6, 6.07) is 5.90. The molecule has 0 N–H and O–H groups in total. The molecule has 0 aromatic heterocycles. The molecule has 0 saturated carbocycles. The summed E-state index contributed by atoms with van der Waals surface area (Å²) in [5, 5.41) is 0. The molecule has 0 aliphatic heterocycles. The maximum Gasteiger partial charge on any atom is 0.396 e. The molecule has 4 nitrogen and oxygen atoms in total. The molecule has 1 rings (SSSR count). The van der Waals surface area contributed by atoms with Crippen LogP contribution in [0.1, 0.15) is 5.56 Å². The minimum absolute atomic E-state index is 0.695. The van der Waals surface area contributed by atoms with Crippen molar-refractivity contribution in [3.8, 4) is 0 Å². The predicted octanol–water partition coefficient (Wildman–Crippen LogP) is 1.21. The third kappa shape index (κ3) is 3.02. The number of rotatable bonds is 3. The Bertz CT molecular complexity index is 401. The molecule has 0 aliphatic rings. The van der Waals surface area contributed by atoms with Gasteiger partial charge in [-0.3, -0.25) is 0 Å². The van der Waals surface area contributed by atoms with Crippen LogP contribution < -0.4 is 0 Å². The van der Waals surface area contributed by atoms with E-state index in [-0.39, 0.29) is 0 Å². The summed E-state index contributed by atoms with van der Waals surface area (Å²) in [4.78, 5) is 0. The van der Waals surface area contributed by atoms with E-state index in [0.29, 0.717) is 0 Å². The quantitative estimate of drug-likeness (QED) is 0.570. The molecule has 7 heteroatoms. The first-order valence-electron chi connectivity index (χ1n) is 3.41. The lowest BCUT2D eigenvalue weighted by Gasteiger charge is -2.17. The molecule has 0 heterocycles. The molecule has 0 bridgehead atoms. The van der Waals surface area contributed by atoms with Gasteiger partial charge in [-0.2, -0.15) is 8.78 Å². The van der Waals surface area contributed by atoms with Gasteiger partial charge in [-0.1, -0.05) is 30.3 Å². The van der Waals surface area contributed by atoms with Crippen molar-refractivity contribution in [2.45, 2.75) is 6.11 Å². The molecule has 0 spiro atoms. The molecular formula is C7H5F2O4S-. The van der Waals surface area contributed by atoms with Crippen LogP contribution in [0.15, 0.2) is 30.3 Å². The number of benzene rings is 1. The lowest BCUT2D eigenvalue weighted by Crippen LogP contribution is -2.22. The minimum Gasteiger partial charge on any atom is -0.725 e. The van der Waals surface area contributed by atoms with Gasteiger partial charge in [0, 0.05) is 0 Å². The Morgan fingerprint density at radius 3 is 2.14 bits per heavy atom. The first kappa shape index (κ1) is 11.0. The van der Waals surface area contributed by atoms with E-state index in [1.165, 1.54) is 18.2 Å². The lowest BCUT2D eigenvalue weighted by molar-refractivity contribution is -0.186. The highest BCUT2D eigenvalue weighted by Gasteiger charge is 2.35. The SMILES string of the molecule is O=S(=O)([O-])OC(F)(F)c1ccccc1. The van der Waals surface area contributed by atoms with E-state index in [4.69, 9.17) is 0 Å². The highest BCUT2D eigenvalue weighted by atomic mass is 32.3. The van der Waals surface area contributed by atoms with Gasteiger partial charge >= 0.3 is 6.11 Å². The third-order valence-corrected chi connectivity index (χ3v) is 1.73. The zero-order valence-corrected chi connectivity index (χ0v) is 7.50. The smallest absolute Gasteiger partial charge is 0.396 e. The molecular weight excluding hydrogens is 218 g/mol. The van der Waals surface area contributed by atoms with Crippen molar-refractivity contribution in [3.63, 3.8) is 0 Å². The van der Waals surface area contributed by atoms with Crippen LogP contribution in [0.4, 0.5) is 8.78 Å². The average molecular weight is 223 g/mol. The highest BCUT2D eigenvalue weighted by molar-refractivity contribution is 7.80. The third-order valence-electron chi connectivity index (χ3n) is 1.32. The van der Waals surface area contributed by atoms with Crippen LogP contribution >= 0.6 is 0 Å². The van der Waals surface area contributed by atoms with Crippen molar-refractivity contribution < 1.29 is 25.9 Å². The van der Waals surface area contributed by atoms with Crippen molar-refractivity contribution in [2.24, 2.45) is 0 Å². The van der Waals surface area contributed by atoms with E-state index in [0.717, 1.165) is 12.1 Å². The van der Waals surface area contributed by atoms with Gasteiger partial charge in [0.1, 0.15) is 0 Å². The standard InChI is InChI=1S/C7H6F2O4S/c8-7(9,13-14(10,11)12)6-4-2-1-3-5-6/h1-5H,(H,10,11,12)/p-1. The summed E-state index contributed by atoms with van der Waals surface area (Å²) in [6.07, 6.45) is -4.12. The summed E-state index contributed by atoms with van der Waals surface area (Å²) in [5.74, 6) is 0. The zero-order chi connectivity index (χ0) is 10.8. The van der Waals surface area contributed by atoms with E-state index in [2.05, 4.69) is 4.18 Å². The minimum atomic E-state index is -5.43. The fourth-order valence-corrected chi connectivity index (χ4v) is 1.16. The Morgan fingerprint density at radius 2 is 1.71 bits per heavy atom. The second kappa shape index (κ2) is 3.60. The fraction of sp³-hybridized carbons (Fsp3) is 0.143. The number of hydrogen-bond donors (Lipinski definition) is 0. The van der Waals surface area contributed by atoms with E-state index in [1.54, 1.807) is 0 Å². The largest absolute Gasteiger partial charge is 0.725 e. The number of halogens is 2. The first-order chi connectivity index (χ1) is 6.31. The second-order valence-electron chi connectivity index (χ2n) is 2.37. The van der Waals surface area contributed by atoms with E-state index in [9.17, 15) is 21.8 Å². The van der Waals surface area contributed by atoms with Crippen LogP contribution in [-0.4, -0.2) is 13.0 Å². The van der Waals surface area contributed by atoms with E-state index in [1.807, 2.05) is 0 Å². The molecule has 0 amide bonds. The second-order valence-corrected chi connectivity index (χ2v) is 3.36. The lowest BCUT2D eigenvalue weighted by atomic mass is 10.2. The molecule has 1 aromatic carbocycles. The van der Waals surface area contributed by atoms with Crippen molar-refractivity contribution in [1.82, 2.24) is 0 Å². The highest BCUT2D eigenvalue weighted by Crippen LogP contribution is 2.30. The van der Waals surface area contributed by atoms with Gasteiger partial charge in [0.25, 0.3) is 0 Å². The van der Waals surface area contributed by atoms with Crippen molar-refractivity contribution in [1.29, 1.82) is 0 Å². The van der Waals surface area contributed by atoms with Crippen molar-refractivity contribution in [2.75, 3.05) is 0 Å². The zero-order valence-electron chi connectivity index (χ0n) is 6.68. The van der Waals surface area contributed by atoms with Crippen molar-refractivity contribution >= 4 is 10.4 Å². The van der Waals surface area contributed by atoms with Gasteiger partial charge in [0.05, 0.1) is 5.56 Å². The van der Waals surface area contributed by atoms with Gasteiger partial charge in [0.2, 0.25) is 10.4 Å². The topological polar surface area (TPSA) is 66.4 Å². The van der Waals surface area contributed by atoms with Crippen LogP contribution in [0.25, 0.3) is 0 Å². The van der Waals surface area contributed by atoms with Gasteiger partial charge < -0.3 is 4.55 Å². The van der Waals surface area contributed by atoms with Crippen LogP contribution in [-0.2, 0) is 20.7 Å². The van der Waals surface area contributed by atoms with Crippen LogP contribution in [0.5, 0.6) is 0 Å². The van der Waals surface area contributed by atoms with Gasteiger partial charge in [-0.15, -0.1) is 0 Å². The summed E-state index contributed by atoms with van der Waals surface area (Å²) < 4.78 is 58.7. The molecule has 14 heavy (non-hydrogen) atoms. The van der Waals surface area contributed by atoms with E-state index >= 15 is 0 Å². The van der Waals surface area contributed by atoms with Crippen LogP contribution in [0, 0.1) is 0 Å². The Balaban J connectivity index is 2.97. The molecule has 0 radical (unpaired) electrons. The Kier molecular flexibility index (Phi) is 2.84. The van der Waals surface area contributed by atoms with Crippen LogP contribution in [0.2, 0.25) is 0 Å². The monoisotopic (exact) mass is 223 g/mol.